The predicted octanol–water partition coefficient (Wildman–Crippen LogP) is 4.21. The van der Waals surface area contributed by atoms with Crippen LogP contribution in [0.3, 0.4) is 0 Å². The number of rotatable bonds is 7. The topological polar surface area (TPSA) is 54.5 Å². The lowest BCUT2D eigenvalue weighted by atomic mass is 9.89. The first-order valence-corrected chi connectivity index (χ1v) is 10.8. The number of hydrogen-bond acceptors (Lipinski definition) is 4. The molecular weight excluding hydrogens is 386 g/mol. The predicted molar refractivity (Wildman–Crippen MR) is 122 cm³/mol. The highest BCUT2D eigenvalue weighted by Crippen LogP contribution is 2.40. The van der Waals surface area contributed by atoms with Crippen LogP contribution in [0.2, 0.25) is 0 Å². The van der Waals surface area contributed by atoms with Crippen LogP contribution in [0.15, 0.2) is 72.8 Å². The number of ether oxygens (including phenoxy) is 1. The van der Waals surface area contributed by atoms with Gasteiger partial charge in [-0.2, -0.15) is 0 Å². The highest BCUT2D eigenvalue weighted by Gasteiger charge is 2.49. The first-order chi connectivity index (χ1) is 15.1. The molecule has 1 aliphatic rings. The van der Waals surface area contributed by atoms with E-state index in [1.54, 1.807) is 7.05 Å². The molecule has 1 amide bonds. The molecule has 31 heavy (non-hydrogen) atoms. The number of carbonyl (C=O) groups excluding carboxylic acids is 1. The largest absolute Gasteiger partial charge is 0.489 e. The standard InChI is InChI=1S/C26H29N3O2/c1-20-10-8-15-24(28-20)26(25(30)27-2)16-9-17-29(26)18-22-13-6-7-14-23(22)31-19-21-11-4-3-5-12-21/h3-8,10-15H,9,16-19H2,1-2H3,(H,27,30)/t26-/m0/s1. The first kappa shape index (κ1) is 21.1. The number of nitrogens with zero attached hydrogens (tertiary/aromatic N) is 2. The van der Waals surface area contributed by atoms with Crippen LogP contribution >= 0.6 is 0 Å². The molecule has 2 heterocycles. The maximum Gasteiger partial charge on any atom is 0.246 e. The summed E-state index contributed by atoms with van der Waals surface area (Å²) in [7, 11) is 1.70. The van der Waals surface area contributed by atoms with E-state index in [-0.39, 0.29) is 5.91 Å². The molecule has 0 radical (unpaired) electrons. The fourth-order valence-corrected chi connectivity index (χ4v) is 4.45. The van der Waals surface area contributed by atoms with Crippen LogP contribution in [0.5, 0.6) is 5.75 Å². The molecule has 4 rings (SSSR count). The van der Waals surface area contributed by atoms with Crippen molar-refractivity contribution in [1.29, 1.82) is 0 Å². The number of likely N-dealkylation sites (tertiary alicyclic amines) is 1. The fraction of sp³-hybridized carbons (Fsp3) is 0.308. The molecule has 0 aliphatic carbocycles. The second-order valence-electron chi connectivity index (χ2n) is 8.01. The van der Waals surface area contributed by atoms with Crippen LogP contribution in [-0.4, -0.2) is 29.4 Å². The summed E-state index contributed by atoms with van der Waals surface area (Å²) in [5.41, 5.74) is 3.16. The van der Waals surface area contributed by atoms with E-state index >= 15 is 0 Å². The minimum absolute atomic E-state index is 0.00853. The number of aromatic nitrogens is 1. The van der Waals surface area contributed by atoms with Crippen molar-refractivity contribution in [2.24, 2.45) is 0 Å². The average molecular weight is 416 g/mol. The molecule has 3 aromatic rings. The number of para-hydroxylation sites is 1. The van der Waals surface area contributed by atoms with Gasteiger partial charge in [0, 0.05) is 24.8 Å². The van der Waals surface area contributed by atoms with Crippen molar-refractivity contribution in [3.8, 4) is 5.75 Å². The maximum atomic E-state index is 13.2. The van der Waals surface area contributed by atoms with Gasteiger partial charge in [0.15, 0.2) is 0 Å². The van der Waals surface area contributed by atoms with Crippen molar-refractivity contribution in [3.05, 3.63) is 95.3 Å². The summed E-state index contributed by atoms with van der Waals surface area (Å²) < 4.78 is 6.17. The summed E-state index contributed by atoms with van der Waals surface area (Å²) in [6.07, 6.45) is 1.69. The van der Waals surface area contributed by atoms with Crippen molar-refractivity contribution < 1.29 is 9.53 Å². The Labute approximate surface area is 184 Å². The van der Waals surface area contributed by atoms with Gasteiger partial charge < -0.3 is 10.1 Å². The lowest BCUT2D eigenvalue weighted by molar-refractivity contribution is -0.132. The zero-order valence-corrected chi connectivity index (χ0v) is 18.2. The van der Waals surface area contributed by atoms with Crippen LogP contribution < -0.4 is 10.1 Å². The SMILES string of the molecule is CNC(=O)[C@@]1(c2cccc(C)n2)CCCN1Cc1ccccc1OCc1ccccc1. The van der Waals surface area contributed by atoms with E-state index in [9.17, 15) is 4.79 Å². The van der Waals surface area contributed by atoms with E-state index in [0.29, 0.717) is 13.2 Å². The molecule has 1 aliphatic heterocycles. The number of nitrogens with one attached hydrogen (secondary N) is 1. The summed E-state index contributed by atoms with van der Waals surface area (Å²) in [6, 6.07) is 24.2. The van der Waals surface area contributed by atoms with Crippen molar-refractivity contribution in [2.45, 2.75) is 38.5 Å². The zero-order chi connectivity index (χ0) is 21.7. The molecule has 1 atom stereocenters. The number of aryl methyl sites for hydroxylation is 1. The Morgan fingerprint density at radius 2 is 1.84 bits per heavy atom. The fourth-order valence-electron chi connectivity index (χ4n) is 4.45. The van der Waals surface area contributed by atoms with E-state index in [1.165, 1.54) is 0 Å². The van der Waals surface area contributed by atoms with E-state index in [2.05, 4.69) is 28.4 Å². The van der Waals surface area contributed by atoms with Gasteiger partial charge in [-0.05, 0) is 50.1 Å². The van der Waals surface area contributed by atoms with E-state index in [1.807, 2.05) is 61.5 Å². The Kier molecular flexibility index (Phi) is 6.33. The van der Waals surface area contributed by atoms with Crippen molar-refractivity contribution in [1.82, 2.24) is 15.2 Å². The van der Waals surface area contributed by atoms with Gasteiger partial charge in [-0.3, -0.25) is 14.7 Å². The third-order valence-corrected chi connectivity index (χ3v) is 5.99. The number of benzene rings is 2. The Morgan fingerprint density at radius 3 is 2.61 bits per heavy atom. The van der Waals surface area contributed by atoms with Crippen LogP contribution in [0.1, 0.15) is 35.4 Å². The molecule has 0 spiro atoms. The van der Waals surface area contributed by atoms with Gasteiger partial charge in [0.1, 0.15) is 17.9 Å². The van der Waals surface area contributed by atoms with Gasteiger partial charge in [-0.1, -0.05) is 54.6 Å². The second kappa shape index (κ2) is 9.31. The summed E-state index contributed by atoms with van der Waals surface area (Å²) in [5, 5.41) is 2.89. The van der Waals surface area contributed by atoms with Crippen molar-refractivity contribution in [3.63, 3.8) is 0 Å². The average Bonchev–Trinajstić information content (AvgIpc) is 3.23. The maximum absolute atomic E-state index is 13.2. The summed E-state index contributed by atoms with van der Waals surface area (Å²) in [6.45, 7) is 3.93. The molecule has 1 fully saturated rings. The zero-order valence-electron chi connectivity index (χ0n) is 18.2. The molecule has 5 heteroatoms. The molecule has 0 unspecified atom stereocenters. The smallest absolute Gasteiger partial charge is 0.246 e. The highest BCUT2D eigenvalue weighted by molar-refractivity contribution is 5.87. The van der Waals surface area contributed by atoms with Gasteiger partial charge in [0.2, 0.25) is 5.91 Å². The molecule has 0 saturated carbocycles. The number of hydrogen-bond donors (Lipinski definition) is 1. The van der Waals surface area contributed by atoms with Gasteiger partial charge >= 0.3 is 0 Å². The monoisotopic (exact) mass is 415 g/mol. The quantitative estimate of drug-likeness (QED) is 0.628. The molecule has 0 bridgehead atoms. The lowest BCUT2D eigenvalue weighted by Gasteiger charge is -2.36. The number of amides is 1. The van der Waals surface area contributed by atoms with E-state index in [0.717, 1.165) is 47.7 Å². The van der Waals surface area contributed by atoms with Crippen molar-refractivity contribution >= 4 is 5.91 Å². The minimum atomic E-state index is -0.771. The minimum Gasteiger partial charge on any atom is -0.489 e. The van der Waals surface area contributed by atoms with Crippen LogP contribution in [0.25, 0.3) is 0 Å². The third-order valence-electron chi connectivity index (χ3n) is 5.99. The summed E-state index contributed by atoms with van der Waals surface area (Å²) in [4.78, 5) is 20.2. The Hall–Kier alpha value is -3.18. The number of pyridine rings is 1. The molecule has 1 saturated heterocycles. The van der Waals surface area contributed by atoms with Crippen molar-refractivity contribution in [2.75, 3.05) is 13.6 Å². The second-order valence-corrected chi connectivity index (χ2v) is 8.01. The lowest BCUT2D eigenvalue weighted by Crippen LogP contribution is -2.52. The van der Waals surface area contributed by atoms with Gasteiger partial charge in [-0.25, -0.2) is 0 Å². The molecule has 2 aromatic carbocycles. The Balaban J connectivity index is 1.63. The van der Waals surface area contributed by atoms with Gasteiger partial charge in [0.05, 0.1) is 5.69 Å². The van der Waals surface area contributed by atoms with Crippen LogP contribution in [0.4, 0.5) is 0 Å². The molecule has 5 nitrogen and oxygen atoms in total. The third kappa shape index (κ3) is 4.32. The first-order valence-electron chi connectivity index (χ1n) is 10.8. The van der Waals surface area contributed by atoms with E-state index < -0.39 is 5.54 Å². The number of likely N-dealkylation sites (N-methyl/N-ethyl adjacent to an activating group) is 1. The summed E-state index contributed by atoms with van der Waals surface area (Å²) >= 11 is 0. The molecule has 1 N–H and O–H groups in total. The van der Waals surface area contributed by atoms with Gasteiger partial charge in [-0.15, -0.1) is 0 Å². The normalized spacial score (nSPS) is 18.6. The summed E-state index contributed by atoms with van der Waals surface area (Å²) in [5.74, 6) is 0.840. The Bertz CT molecular complexity index is 1040. The highest BCUT2D eigenvalue weighted by atomic mass is 16.5. The van der Waals surface area contributed by atoms with E-state index in [4.69, 9.17) is 9.72 Å². The number of carbonyl (C=O) groups is 1. The van der Waals surface area contributed by atoms with Crippen LogP contribution in [0, 0.1) is 6.92 Å². The Morgan fingerprint density at radius 1 is 1.06 bits per heavy atom. The van der Waals surface area contributed by atoms with Gasteiger partial charge in [0.25, 0.3) is 0 Å². The molecule has 1 aromatic heterocycles. The molecular formula is C26H29N3O2. The molecule has 160 valence electrons. The van der Waals surface area contributed by atoms with Crippen LogP contribution in [-0.2, 0) is 23.5 Å².